The third kappa shape index (κ3) is 7.84. The Morgan fingerprint density at radius 2 is 1.15 bits per heavy atom. The van der Waals surface area contributed by atoms with E-state index in [1.165, 1.54) is 20.8 Å². The number of para-hydroxylation sites is 2. The molecule has 10 heteroatoms. The Morgan fingerprint density at radius 3 is 1.60 bits per heavy atom. The maximum atomic E-state index is 13.2. The van der Waals surface area contributed by atoms with Crippen LogP contribution in [0, 0.1) is 5.41 Å². The van der Waals surface area contributed by atoms with Crippen molar-refractivity contribution >= 4 is 51.3 Å². The van der Waals surface area contributed by atoms with Gasteiger partial charge in [0.05, 0.1) is 30.4 Å². The number of carbonyl (C=O) groups is 5. The zero-order valence-electron chi connectivity index (χ0n) is 22.9. The number of hydrogen-bond acceptors (Lipinski definition) is 9. The number of pyridine rings is 1. The Balaban J connectivity index is 1.75. The first-order chi connectivity index (χ1) is 19.0. The van der Waals surface area contributed by atoms with Crippen molar-refractivity contribution in [2.45, 2.75) is 53.0 Å². The zero-order valence-corrected chi connectivity index (χ0v) is 22.9. The van der Waals surface area contributed by atoms with Crippen LogP contribution < -0.4 is 5.43 Å². The Morgan fingerprint density at radius 1 is 0.700 bits per heavy atom. The van der Waals surface area contributed by atoms with E-state index in [2.05, 4.69) is 0 Å². The van der Waals surface area contributed by atoms with Crippen LogP contribution in [0.2, 0.25) is 0 Å². The summed E-state index contributed by atoms with van der Waals surface area (Å²) in [5, 5.41) is 1.07. The number of ketones is 2. The van der Waals surface area contributed by atoms with Crippen molar-refractivity contribution in [3.63, 3.8) is 0 Å². The molecular formula is C30H33NO9. The number of aromatic nitrogens is 1. The molecule has 0 radical (unpaired) electrons. The standard InChI is InChI=1S/C30H33NO9/c1-20(32)12-14-26(34)39-18-30(3,19-40-27(35)15-13-21(2)33)29(37)38-17-16-31-24-10-6-4-8-22(24)28(36)23-9-5-7-11-25(23)31/h4-11H,12-19H2,1-3H3. The summed E-state index contributed by atoms with van der Waals surface area (Å²) in [6.45, 7) is 3.41. The molecule has 10 nitrogen and oxygen atoms in total. The molecule has 3 rings (SSSR count). The monoisotopic (exact) mass is 551 g/mol. The maximum Gasteiger partial charge on any atom is 0.318 e. The Labute approximate surface area is 231 Å². The molecule has 0 bridgehead atoms. The van der Waals surface area contributed by atoms with Gasteiger partial charge in [0.15, 0.2) is 5.43 Å². The van der Waals surface area contributed by atoms with Gasteiger partial charge in [0.2, 0.25) is 0 Å². The van der Waals surface area contributed by atoms with Gasteiger partial charge < -0.3 is 28.4 Å². The number of rotatable bonds is 14. The number of Topliss-reactive ketones (excluding diaryl/α,β-unsaturated/α-hetero) is 2. The van der Waals surface area contributed by atoms with E-state index in [1.807, 2.05) is 28.8 Å². The highest BCUT2D eigenvalue weighted by Crippen LogP contribution is 2.23. The van der Waals surface area contributed by atoms with Gasteiger partial charge in [-0.2, -0.15) is 0 Å². The molecule has 0 saturated heterocycles. The molecular weight excluding hydrogens is 518 g/mol. The summed E-state index contributed by atoms with van der Waals surface area (Å²) >= 11 is 0. The Bertz CT molecular complexity index is 1390. The highest BCUT2D eigenvalue weighted by molar-refractivity contribution is 5.93. The minimum Gasteiger partial charge on any atom is -0.464 e. The van der Waals surface area contributed by atoms with Gasteiger partial charge in [0.25, 0.3) is 0 Å². The molecule has 0 aliphatic carbocycles. The molecule has 3 aromatic rings. The third-order valence-corrected chi connectivity index (χ3v) is 6.39. The summed E-state index contributed by atoms with van der Waals surface area (Å²) < 4.78 is 17.9. The van der Waals surface area contributed by atoms with Crippen molar-refractivity contribution in [2.24, 2.45) is 5.41 Å². The van der Waals surface area contributed by atoms with Gasteiger partial charge in [-0.05, 0) is 45.0 Å². The van der Waals surface area contributed by atoms with Gasteiger partial charge in [0, 0.05) is 23.6 Å². The molecule has 1 aromatic heterocycles. The number of fused-ring (bicyclic) bond motifs is 2. The maximum absolute atomic E-state index is 13.2. The van der Waals surface area contributed by atoms with Gasteiger partial charge in [0.1, 0.15) is 36.8 Å². The molecule has 0 aliphatic heterocycles. The first-order valence-corrected chi connectivity index (χ1v) is 13.0. The second-order valence-electron chi connectivity index (χ2n) is 9.94. The first kappa shape index (κ1) is 30.2. The molecule has 0 fully saturated rings. The van der Waals surface area contributed by atoms with Crippen molar-refractivity contribution in [1.29, 1.82) is 0 Å². The summed E-state index contributed by atoms with van der Waals surface area (Å²) in [6, 6.07) is 14.3. The summed E-state index contributed by atoms with van der Waals surface area (Å²) in [5.41, 5.74) is -0.261. The van der Waals surface area contributed by atoms with E-state index in [-0.39, 0.29) is 55.8 Å². The molecule has 0 spiro atoms. The van der Waals surface area contributed by atoms with Crippen LogP contribution in [-0.2, 0) is 44.7 Å². The molecule has 0 amide bonds. The summed E-state index contributed by atoms with van der Waals surface area (Å²) in [4.78, 5) is 72.8. The fourth-order valence-corrected chi connectivity index (χ4v) is 4.06. The molecule has 2 aromatic carbocycles. The minimum absolute atomic E-state index is 0.00130. The second-order valence-corrected chi connectivity index (χ2v) is 9.94. The van der Waals surface area contributed by atoms with E-state index in [0.29, 0.717) is 21.8 Å². The lowest BCUT2D eigenvalue weighted by molar-refractivity contribution is -0.170. The van der Waals surface area contributed by atoms with Crippen molar-refractivity contribution in [2.75, 3.05) is 19.8 Å². The lowest BCUT2D eigenvalue weighted by Crippen LogP contribution is -2.41. The summed E-state index contributed by atoms with van der Waals surface area (Å²) in [7, 11) is 0. The van der Waals surface area contributed by atoms with E-state index >= 15 is 0 Å². The molecule has 1 heterocycles. The van der Waals surface area contributed by atoms with Gasteiger partial charge in [-0.15, -0.1) is 0 Å². The number of ether oxygens (including phenoxy) is 3. The largest absolute Gasteiger partial charge is 0.464 e. The number of nitrogens with zero attached hydrogens (tertiary/aromatic N) is 1. The quantitative estimate of drug-likeness (QED) is 0.167. The Hall–Kier alpha value is -4.34. The van der Waals surface area contributed by atoms with E-state index in [9.17, 15) is 28.8 Å². The van der Waals surface area contributed by atoms with Crippen LogP contribution in [-0.4, -0.2) is 53.9 Å². The molecule has 212 valence electrons. The smallest absolute Gasteiger partial charge is 0.318 e. The van der Waals surface area contributed by atoms with E-state index in [4.69, 9.17) is 14.2 Å². The summed E-state index contributed by atoms with van der Waals surface area (Å²) in [6.07, 6.45) is -0.292. The zero-order chi connectivity index (χ0) is 29.3. The first-order valence-electron chi connectivity index (χ1n) is 13.0. The normalized spacial score (nSPS) is 11.3. The third-order valence-electron chi connectivity index (χ3n) is 6.39. The SMILES string of the molecule is CC(=O)CCC(=O)OCC(C)(COC(=O)CCC(C)=O)C(=O)OCCn1c2ccccc2c(=O)c2ccccc21. The Kier molecular flexibility index (Phi) is 10.3. The molecule has 0 unspecified atom stereocenters. The number of esters is 3. The van der Waals surface area contributed by atoms with E-state index in [0.717, 1.165) is 0 Å². The fourth-order valence-electron chi connectivity index (χ4n) is 4.06. The van der Waals surface area contributed by atoms with Crippen LogP contribution in [0.1, 0.15) is 46.5 Å². The topological polar surface area (TPSA) is 135 Å². The van der Waals surface area contributed by atoms with Gasteiger partial charge in [-0.3, -0.25) is 19.2 Å². The molecule has 0 atom stereocenters. The summed E-state index contributed by atoms with van der Waals surface area (Å²) in [5.74, 6) is -2.48. The molecule has 40 heavy (non-hydrogen) atoms. The molecule has 0 N–H and O–H groups in total. The second kappa shape index (κ2) is 13.6. The molecule has 0 aliphatic rings. The average molecular weight is 552 g/mol. The van der Waals surface area contributed by atoms with Crippen molar-refractivity contribution < 1.29 is 38.2 Å². The number of carbonyl (C=O) groups excluding carboxylic acids is 5. The van der Waals surface area contributed by atoms with E-state index < -0.39 is 36.5 Å². The van der Waals surface area contributed by atoms with Crippen LogP contribution in [0.5, 0.6) is 0 Å². The highest BCUT2D eigenvalue weighted by Gasteiger charge is 2.38. The van der Waals surface area contributed by atoms with Crippen LogP contribution in [0.25, 0.3) is 21.8 Å². The van der Waals surface area contributed by atoms with Gasteiger partial charge in [-0.25, -0.2) is 0 Å². The fraction of sp³-hybridized carbons (Fsp3) is 0.400. The van der Waals surface area contributed by atoms with Gasteiger partial charge >= 0.3 is 17.9 Å². The molecule has 0 saturated carbocycles. The minimum atomic E-state index is -1.54. The van der Waals surface area contributed by atoms with Crippen LogP contribution in [0.3, 0.4) is 0 Å². The van der Waals surface area contributed by atoms with Crippen molar-refractivity contribution in [1.82, 2.24) is 4.57 Å². The number of hydrogen-bond donors (Lipinski definition) is 0. The van der Waals surface area contributed by atoms with Crippen LogP contribution in [0.15, 0.2) is 53.3 Å². The average Bonchev–Trinajstić information content (AvgIpc) is 2.94. The highest BCUT2D eigenvalue weighted by atomic mass is 16.6. The van der Waals surface area contributed by atoms with Crippen molar-refractivity contribution in [3.8, 4) is 0 Å². The lowest BCUT2D eigenvalue weighted by atomic mass is 9.93. The predicted molar refractivity (Wildman–Crippen MR) is 147 cm³/mol. The van der Waals surface area contributed by atoms with Crippen molar-refractivity contribution in [3.05, 3.63) is 58.8 Å². The van der Waals surface area contributed by atoms with Crippen LogP contribution >= 0.6 is 0 Å². The predicted octanol–water partition coefficient (Wildman–Crippen LogP) is 3.53. The van der Waals surface area contributed by atoms with Gasteiger partial charge in [-0.1, -0.05) is 24.3 Å². The number of benzene rings is 2. The van der Waals surface area contributed by atoms with Crippen LogP contribution in [0.4, 0.5) is 0 Å². The van der Waals surface area contributed by atoms with E-state index in [1.54, 1.807) is 24.3 Å². The lowest BCUT2D eigenvalue weighted by Gasteiger charge is -2.26.